The first-order valence-corrected chi connectivity index (χ1v) is 26.0. The molecule has 0 aliphatic carbocycles. The molecule has 4 aliphatic heterocycles. The Morgan fingerprint density at radius 1 is 0.521 bits per heavy atom. The van der Waals surface area contributed by atoms with Gasteiger partial charge in [0, 0.05) is 31.0 Å². The Hall–Kier alpha value is -8.04. The molecule has 0 aromatic heterocycles. The molecular formula is C53H48N4O14S2. The quantitative estimate of drug-likeness (QED) is 0.0524. The number of hydrogen-bond acceptors (Lipinski definition) is 14. The fourth-order valence-electron chi connectivity index (χ4n) is 9.32. The van der Waals surface area contributed by atoms with Gasteiger partial charge >= 0.3 is 0 Å². The Morgan fingerprint density at radius 2 is 0.890 bits per heavy atom. The van der Waals surface area contributed by atoms with E-state index in [1.807, 2.05) is 84.9 Å². The van der Waals surface area contributed by atoms with E-state index >= 15 is 0 Å². The van der Waals surface area contributed by atoms with E-state index < -0.39 is 54.9 Å². The minimum Gasteiger partial charge on any atom is -0.493 e. The van der Waals surface area contributed by atoms with Gasteiger partial charge in [0.15, 0.2) is 33.7 Å². The molecule has 376 valence electrons. The monoisotopic (exact) mass is 1030 g/mol. The van der Waals surface area contributed by atoms with E-state index in [1.54, 1.807) is 36.7 Å². The number of amides is 2. The molecule has 0 saturated carbocycles. The Bertz CT molecular complexity index is 3150. The second-order valence-corrected chi connectivity index (χ2v) is 20.5. The highest BCUT2D eigenvalue weighted by molar-refractivity contribution is 7.86. The summed E-state index contributed by atoms with van der Waals surface area (Å²) in [7, 11) is -6.77. The van der Waals surface area contributed by atoms with Crippen LogP contribution in [0.2, 0.25) is 0 Å². The number of carbonyl (C=O) groups excluding carboxylic acids is 2. The standard InChI is InChI=1S/C53H48N4O14S2/c1-66-46-26-40-42(54-50(72(60,61)62)44-24-34(30-56(44)52(40)58)32-14-18-38(19-15-32)70-36-10-5-3-6-11-36)28-48(46)68-22-9-23-69-49-29-43-41(27-47(49)67-2)53(59)57-31-35(25-45(57)51(55-43)73(63,64)65)33-16-20-39(21-17-33)71-37-12-7-4-8-13-37/h3-8,10-21,26-31,44-45,50-51,54-55H,9,22-25H2,1-2H3,(H,60,61,62)(H,63,64,65)/t44-,45-,50?,51?/m0/s1. The number of carbonyl (C=O) groups is 2. The van der Waals surface area contributed by atoms with Gasteiger partial charge in [0.1, 0.15) is 23.0 Å². The summed E-state index contributed by atoms with van der Waals surface area (Å²) in [6.07, 6.45) is 3.66. The summed E-state index contributed by atoms with van der Waals surface area (Å²) in [6, 6.07) is 36.6. The predicted molar refractivity (Wildman–Crippen MR) is 271 cm³/mol. The first kappa shape index (κ1) is 48.6. The molecule has 0 fully saturated rings. The summed E-state index contributed by atoms with van der Waals surface area (Å²) in [4.78, 5) is 31.0. The number of rotatable bonds is 16. The van der Waals surface area contributed by atoms with Gasteiger partial charge < -0.3 is 48.9 Å². The lowest BCUT2D eigenvalue weighted by molar-refractivity contribution is 0.0782. The largest absolute Gasteiger partial charge is 0.493 e. The van der Waals surface area contributed by atoms with Gasteiger partial charge in [-0.25, -0.2) is 0 Å². The summed E-state index contributed by atoms with van der Waals surface area (Å²) in [5.41, 5.74) is 3.19. The Labute approximate surface area is 420 Å². The minimum atomic E-state index is -4.78. The summed E-state index contributed by atoms with van der Waals surface area (Å²) >= 11 is 0. The van der Waals surface area contributed by atoms with Crippen molar-refractivity contribution in [2.45, 2.75) is 42.1 Å². The molecule has 10 rings (SSSR count). The van der Waals surface area contributed by atoms with Crippen LogP contribution in [0.5, 0.6) is 46.0 Å². The van der Waals surface area contributed by atoms with Crippen molar-refractivity contribution in [1.29, 1.82) is 0 Å². The molecule has 73 heavy (non-hydrogen) atoms. The molecule has 4 N–H and O–H groups in total. The van der Waals surface area contributed by atoms with Crippen LogP contribution in [0.4, 0.5) is 11.4 Å². The van der Waals surface area contributed by atoms with Gasteiger partial charge in [0.25, 0.3) is 32.1 Å². The zero-order valence-corrected chi connectivity index (χ0v) is 40.8. The zero-order valence-electron chi connectivity index (χ0n) is 39.2. The van der Waals surface area contributed by atoms with Crippen molar-refractivity contribution < 1.29 is 64.0 Å². The highest BCUT2D eigenvalue weighted by atomic mass is 32.2. The second-order valence-electron chi connectivity index (χ2n) is 17.5. The van der Waals surface area contributed by atoms with Crippen LogP contribution in [0.25, 0.3) is 11.1 Å². The van der Waals surface area contributed by atoms with Crippen LogP contribution < -0.4 is 39.1 Å². The molecule has 0 saturated heterocycles. The molecule has 4 aliphatic rings. The summed E-state index contributed by atoms with van der Waals surface area (Å²) < 4.78 is 108. The molecule has 0 radical (unpaired) electrons. The van der Waals surface area contributed by atoms with Crippen LogP contribution in [0.15, 0.2) is 146 Å². The summed E-state index contributed by atoms with van der Waals surface area (Å²) in [6.45, 7) is 0.0630. The lowest BCUT2D eigenvalue weighted by Crippen LogP contribution is -2.46. The van der Waals surface area contributed by atoms with Gasteiger partial charge in [-0.05, 0) is 95.8 Å². The maximum absolute atomic E-state index is 14.2. The number of nitrogens with one attached hydrogen (secondary N) is 2. The van der Waals surface area contributed by atoms with Crippen molar-refractivity contribution in [2.24, 2.45) is 0 Å². The number of methoxy groups -OCH3 is 2. The van der Waals surface area contributed by atoms with E-state index in [0.29, 0.717) is 34.1 Å². The molecule has 4 heterocycles. The Kier molecular flexibility index (Phi) is 13.2. The lowest BCUT2D eigenvalue weighted by atomic mass is 10.0. The van der Waals surface area contributed by atoms with Crippen LogP contribution in [0, 0.1) is 0 Å². The molecule has 0 spiro atoms. The van der Waals surface area contributed by atoms with Crippen molar-refractivity contribution in [1.82, 2.24) is 9.80 Å². The number of ether oxygens (including phenoxy) is 6. The van der Waals surface area contributed by atoms with Gasteiger partial charge in [-0.2, -0.15) is 16.8 Å². The zero-order chi connectivity index (χ0) is 51.0. The second kappa shape index (κ2) is 19.9. The van der Waals surface area contributed by atoms with Crippen LogP contribution in [0.1, 0.15) is 51.1 Å². The number of para-hydroxylation sites is 2. The molecule has 6 aromatic rings. The van der Waals surface area contributed by atoms with E-state index in [9.17, 15) is 35.5 Å². The van der Waals surface area contributed by atoms with Crippen LogP contribution in [0.3, 0.4) is 0 Å². The number of anilines is 2. The van der Waals surface area contributed by atoms with E-state index in [-0.39, 0.29) is 78.0 Å². The molecule has 6 aromatic carbocycles. The molecule has 20 heteroatoms. The van der Waals surface area contributed by atoms with Crippen LogP contribution in [-0.2, 0) is 20.2 Å². The fraction of sp³-hybridized carbons (Fsp3) is 0.208. The van der Waals surface area contributed by atoms with Crippen molar-refractivity contribution in [2.75, 3.05) is 38.1 Å². The van der Waals surface area contributed by atoms with Crippen molar-refractivity contribution >= 4 is 54.6 Å². The number of nitrogens with zero attached hydrogens (tertiary/aromatic N) is 2. The lowest BCUT2D eigenvalue weighted by Gasteiger charge is -2.26. The Balaban J connectivity index is 0.817. The molecule has 0 bridgehead atoms. The molecule has 18 nitrogen and oxygen atoms in total. The van der Waals surface area contributed by atoms with Crippen LogP contribution in [-0.4, -0.2) is 97.8 Å². The molecular weight excluding hydrogens is 981 g/mol. The average Bonchev–Trinajstić information content (AvgIpc) is 3.98. The van der Waals surface area contributed by atoms with Crippen LogP contribution >= 0.6 is 0 Å². The maximum atomic E-state index is 14.2. The third-order valence-electron chi connectivity index (χ3n) is 12.8. The molecule has 4 atom stereocenters. The van der Waals surface area contributed by atoms with Gasteiger partial charge in [-0.1, -0.05) is 60.7 Å². The molecule has 2 unspecified atom stereocenters. The minimum absolute atomic E-state index is 0.0315. The van der Waals surface area contributed by atoms with Gasteiger partial charge in [0.05, 0.1) is 62.0 Å². The third kappa shape index (κ3) is 10.1. The predicted octanol–water partition coefficient (Wildman–Crippen LogP) is 8.93. The maximum Gasteiger partial charge on any atom is 0.288 e. The first-order chi connectivity index (χ1) is 35.1. The van der Waals surface area contributed by atoms with Crippen molar-refractivity contribution in [3.63, 3.8) is 0 Å². The van der Waals surface area contributed by atoms with Crippen molar-refractivity contribution in [3.8, 4) is 46.0 Å². The van der Waals surface area contributed by atoms with Gasteiger partial charge in [0.2, 0.25) is 0 Å². The SMILES string of the molecule is COc1cc2c(cc1OCCCOc1cc3c(cc1OC)C(=O)N1C=C(c4ccc(Oc5ccccc5)cc4)C[C@H]1C(S(=O)(=O)O)N3)NC(S(=O)(=O)O)[C@@H]1CC(c3ccc(Oc4ccccc4)cc3)=CN1C2=O. The first-order valence-electron chi connectivity index (χ1n) is 23.0. The number of benzene rings is 6. The highest BCUT2D eigenvalue weighted by Gasteiger charge is 2.47. The fourth-order valence-corrected chi connectivity index (χ4v) is 11.1. The van der Waals surface area contributed by atoms with E-state index in [4.69, 9.17) is 28.4 Å². The summed E-state index contributed by atoms with van der Waals surface area (Å²) in [5, 5.41) is 2.57. The number of hydrogen-bond donors (Lipinski definition) is 4. The van der Waals surface area contributed by atoms with E-state index in [1.165, 1.54) is 48.3 Å². The third-order valence-corrected chi connectivity index (χ3v) is 15.0. The normalized spacial score (nSPS) is 19.1. The van der Waals surface area contributed by atoms with Crippen molar-refractivity contribution in [3.05, 3.63) is 168 Å². The van der Waals surface area contributed by atoms with E-state index in [0.717, 1.165) is 11.1 Å². The van der Waals surface area contributed by atoms with Gasteiger partial charge in [-0.3, -0.25) is 18.7 Å². The highest BCUT2D eigenvalue weighted by Crippen LogP contribution is 2.44. The topological polar surface area (TPSA) is 229 Å². The van der Waals surface area contributed by atoms with Gasteiger partial charge in [-0.15, -0.1) is 0 Å². The Morgan fingerprint density at radius 3 is 1.25 bits per heavy atom. The smallest absolute Gasteiger partial charge is 0.288 e. The summed E-state index contributed by atoms with van der Waals surface area (Å²) in [5.74, 6) is 2.15. The van der Waals surface area contributed by atoms with E-state index in [2.05, 4.69) is 10.6 Å². The average molecular weight is 1030 g/mol. The number of fused-ring (bicyclic) bond motifs is 4. The molecule has 2 amide bonds.